The van der Waals surface area contributed by atoms with Crippen LogP contribution in [0.3, 0.4) is 0 Å². The number of nitrogens with zero attached hydrogens (tertiary/aromatic N) is 1. The van der Waals surface area contributed by atoms with Gasteiger partial charge in [-0.2, -0.15) is 0 Å². The number of ether oxygens (including phenoxy) is 3. The van der Waals surface area contributed by atoms with Gasteiger partial charge in [0, 0.05) is 24.8 Å². The molecule has 1 N–H and O–H groups in total. The van der Waals surface area contributed by atoms with Gasteiger partial charge in [0.05, 0.1) is 15.1 Å². The minimum Gasteiger partial charge on any atom is -0.479 e. The van der Waals surface area contributed by atoms with Gasteiger partial charge in [-0.05, 0) is 57.6 Å². The highest BCUT2D eigenvalue weighted by Crippen LogP contribution is 2.46. The lowest BCUT2D eigenvalue weighted by atomic mass is 10.1. The normalized spacial score (nSPS) is 13.9. The van der Waals surface area contributed by atoms with Crippen LogP contribution in [-0.4, -0.2) is 57.0 Å². The van der Waals surface area contributed by atoms with Crippen LogP contribution in [0.1, 0.15) is 33.6 Å². The molecule has 1 saturated heterocycles. The summed E-state index contributed by atoms with van der Waals surface area (Å²) < 4.78 is 44.5. The molecule has 0 saturated carbocycles. The van der Waals surface area contributed by atoms with Gasteiger partial charge in [-0.25, -0.2) is 22.3 Å². The first-order valence-corrected chi connectivity index (χ1v) is 18.3. The molecule has 0 spiro atoms. The van der Waals surface area contributed by atoms with Crippen LogP contribution in [0, 0.1) is 0 Å². The van der Waals surface area contributed by atoms with Crippen LogP contribution in [0.4, 0.5) is 5.69 Å². The van der Waals surface area contributed by atoms with Crippen molar-refractivity contribution in [2.75, 3.05) is 31.6 Å². The number of halogens is 1. The first-order chi connectivity index (χ1) is 22.7. The maximum Gasteiger partial charge on any atom is 0.352 e. The van der Waals surface area contributed by atoms with Crippen LogP contribution in [0.25, 0.3) is 10.4 Å². The van der Waals surface area contributed by atoms with Crippen molar-refractivity contribution in [1.29, 1.82) is 0 Å². The Morgan fingerprint density at radius 3 is 2.32 bits per heavy atom. The average Bonchev–Trinajstić information content (AvgIpc) is 3.42. The van der Waals surface area contributed by atoms with Crippen molar-refractivity contribution in [3.8, 4) is 16.2 Å². The maximum absolute atomic E-state index is 13.3. The minimum atomic E-state index is -3.41. The quantitative estimate of drug-likeness (QED) is 0.108. The van der Waals surface area contributed by atoms with Crippen LogP contribution in [0.5, 0.6) is 5.75 Å². The lowest BCUT2D eigenvalue weighted by Crippen LogP contribution is -2.42. The Labute approximate surface area is 287 Å². The number of piperidine rings is 1. The molecule has 3 aromatic carbocycles. The molecule has 9 nitrogen and oxygen atoms in total. The van der Waals surface area contributed by atoms with E-state index in [-0.39, 0.29) is 35.6 Å². The number of esters is 2. The summed E-state index contributed by atoms with van der Waals surface area (Å²) in [5.41, 5.74) is 3.29. The third kappa shape index (κ3) is 9.32. The van der Waals surface area contributed by atoms with Gasteiger partial charge < -0.3 is 19.5 Å². The van der Waals surface area contributed by atoms with E-state index in [1.807, 2.05) is 84.9 Å². The lowest BCUT2D eigenvalue weighted by Gasteiger charge is -2.32. The number of rotatable bonds is 14. The highest BCUT2D eigenvalue weighted by atomic mass is 79.9. The molecule has 1 aliphatic rings. The fourth-order valence-corrected chi connectivity index (χ4v) is 8.60. The summed E-state index contributed by atoms with van der Waals surface area (Å²) >= 11 is 4.80. The smallest absolute Gasteiger partial charge is 0.352 e. The van der Waals surface area contributed by atoms with Crippen LogP contribution >= 0.6 is 27.3 Å². The third-order valence-corrected chi connectivity index (χ3v) is 11.5. The first-order valence-electron chi connectivity index (χ1n) is 15.0. The Morgan fingerprint density at radius 1 is 0.957 bits per heavy atom. The number of thiophene rings is 1. The largest absolute Gasteiger partial charge is 0.479 e. The summed E-state index contributed by atoms with van der Waals surface area (Å²) in [6.07, 6.45) is 2.79. The maximum atomic E-state index is 13.3. The summed E-state index contributed by atoms with van der Waals surface area (Å²) in [5, 5.41) is 3.55. The van der Waals surface area contributed by atoms with E-state index in [0.717, 1.165) is 27.3 Å². The van der Waals surface area contributed by atoms with Gasteiger partial charge in [0.1, 0.15) is 13.2 Å². The summed E-state index contributed by atoms with van der Waals surface area (Å²) in [5.74, 6) is -0.990. The molecule has 5 rings (SSSR count). The molecule has 0 aliphatic carbocycles. The summed E-state index contributed by atoms with van der Waals surface area (Å²) in [4.78, 5) is 26.4. The number of hydrogen-bond acceptors (Lipinski definition) is 9. The van der Waals surface area contributed by atoms with E-state index >= 15 is 0 Å². The number of nitrogens with one attached hydrogen (secondary N) is 1. The van der Waals surface area contributed by atoms with Gasteiger partial charge in [-0.15, -0.1) is 11.3 Å². The summed E-state index contributed by atoms with van der Waals surface area (Å²) in [7, 11) is -3.41. The van der Waals surface area contributed by atoms with Crippen molar-refractivity contribution in [3.63, 3.8) is 0 Å². The zero-order valence-electron chi connectivity index (χ0n) is 25.6. The molecule has 4 aromatic rings. The van der Waals surface area contributed by atoms with Gasteiger partial charge in [-0.3, -0.25) is 0 Å². The van der Waals surface area contributed by atoms with Crippen molar-refractivity contribution >= 4 is 54.9 Å². The van der Waals surface area contributed by atoms with Gasteiger partial charge in [0.2, 0.25) is 10.0 Å². The second-order valence-electron chi connectivity index (χ2n) is 10.9. The van der Waals surface area contributed by atoms with E-state index in [1.165, 1.54) is 17.4 Å². The molecule has 246 valence electrons. The molecule has 1 aromatic heterocycles. The second-order valence-corrected chi connectivity index (χ2v) is 14.6. The highest BCUT2D eigenvalue weighted by Gasteiger charge is 2.29. The van der Waals surface area contributed by atoms with E-state index in [2.05, 4.69) is 27.8 Å². The molecule has 47 heavy (non-hydrogen) atoms. The van der Waals surface area contributed by atoms with Crippen molar-refractivity contribution in [3.05, 3.63) is 118 Å². The van der Waals surface area contributed by atoms with Crippen LogP contribution in [-0.2, 0) is 36.7 Å². The van der Waals surface area contributed by atoms with Gasteiger partial charge in [0.15, 0.2) is 17.2 Å². The standard InChI is InChI=1S/C35H35BrN2O7S2/c1-2-20-43-30(39)23-44-32-31(36)33(46-34(32)35(40)45-22-25-10-5-3-6-11-25)27-14-9-15-29(21-27)37-28-16-18-38(19-17-28)47(41,42)24-26-12-7-4-8-13-26/h2-15,21,28,37H,1,16-20,22-24H2. The van der Waals surface area contributed by atoms with Crippen molar-refractivity contribution < 1.29 is 32.2 Å². The number of hydrogen-bond donors (Lipinski definition) is 1. The minimum absolute atomic E-state index is 0.00678. The Bertz CT molecular complexity index is 1790. The van der Waals surface area contributed by atoms with Crippen LogP contribution in [0.15, 0.2) is 102 Å². The van der Waals surface area contributed by atoms with Gasteiger partial charge >= 0.3 is 11.9 Å². The van der Waals surface area contributed by atoms with E-state index in [9.17, 15) is 18.0 Å². The number of anilines is 1. The molecule has 0 atom stereocenters. The molecule has 1 aliphatic heterocycles. The van der Waals surface area contributed by atoms with Crippen molar-refractivity contribution in [1.82, 2.24) is 4.31 Å². The highest BCUT2D eigenvalue weighted by molar-refractivity contribution is 9.10. The number of carbonyl (C=O) groups is 2. The van der Waals surface area contributed by atoms with Gasteiger partial charge in [0.25, 0.3) is 0 Å². The number of sulfonamides is 1. The monoisotopic (exact) mass is 738 g/mol. The fourth-order valence-electron chi connectivity index (χ4n) is 5.10. The predicted octanol–water partition coefficient (Wildman–Crippen LogP) is 7.05. The zero-order chi connectivity index (χ0) is 33.2. The van der Waals surface area contributed by atoms with Crippen molar-refractivity contribution in [2.24, 2.45) is 0 Å². The Hall–Kier alpha value is -3.97. The Kier molecular flexibility index (Phi) is 11.9. The molecule has 0 amide bonds. The predicted molar refractivity (Wildman–Crippen MR) is 187 cm³/mol. The third-order valence-electron chi connectivity index (χ3n) is 7.44. The molecule has 2 heterocycles. The number of benzene rings is 3. The topological polar surface area (TPSA) is 111 Å². The first kappa shape index (κ1) is 34.4. The molecular formula is C35H35BrN2O7S2. The zero-order valence-corrected chi connectivity index (χ0v) is 28.8. The molecule has 1 fully saturated rings. The van der Waals surface area contributed by atoms with E-state index in [0.29, 0.717) is 30.4 Å². The van der Waals surface area contributed by atoms with Gasteiger partial charge in [-0.1, -0.05) is 85.5 Å². The second kappa shape index (κ2) is 16.2. The SMILES string of the molecule is C=CCOC(=O)COc1c(C(=O)OCc2ccccc2)sc(-c2cccc(NC3CCN(S(=O)(=O)Cc4ccccc4)CC3)c2)c1Br. The molecule has 12 heteroatoms. The van der Waals surface area contributed by atoms with E-state index in [1.54, 1.807) is 4.31 Å². The van der Waals surface area contributed by atoms with E-state index in [4.69, 9.17) is 14.2 Å². The molecule has 0 unspecified atom stereocenters. The average molecular weight is 740 g/mol. The Morgan fingerprint density at radius 2 is 1.64 bits per heavy atom. The number of carbonyl (C=O) groups excluding carboxylic acids is 2. The van der Waals surface area contributed by atoms with Crippen molar-refractivity contribution in [2.45, 2.75) is 31.2 Å². The van der Waals surface area contributed by atoms with E-state index < -0.39 is 28.6 Å². The summed E-state index contributed by atoms with van der Waals surface area (Å²) in [6, 6.07) is 26.4. The van der Waals surface area contributed by atoms with Crippen LogP contribution < -0.4 is 10.1 Å². The lowest BCUT2D eigenvalue weighted by molar-refractivity contribution is -0.144. The molecule has 0 bridgehead atoms. The summed E-state index contributed by atoms with van der Waals surface area (Å²) in [6.45, 7) is 4.14. The van der Waals surface area contributed by atoms with Crippen LogP contribution in [0.2, 0.25) is 0 Å². The molecule has 0 radical (unpaired) electrons. The fraction of sp³-hybridized carbons (Fsp3) is 0.257. The Balaban J connectivity index is 1.28. The molecular weight excluding hydrogens is 704 g/mol.